The largest absolute Gasteiger partial charge is 0.387 e. The Balaban J connectivity index is 1.71. The number of ether oxygens (including phenoxy) is 1. The molecule has 0 radical (unpaired) electrons. The third kappa shape index (κ3) is 4.87. The summed E-state index contributed by atoms with van der Waals surface area (Å²) in [4.78, 5) is 13.2. The van der Waals surface area contributed by atoms with Gasteiger partial charge in [-0.25, -0.2) is 15.0 Å². The molecular formula is C20H27N5O3S. The first-order chi connectivity index (χ1) is 13.7. The number of nitrogens with two attached hydrogens (primary N) is 1. The molecule has 0 aromatic carbocycles. The second kappa shape index (κ2) is 8.66. The minimum absolute atomic E-state index is 0.0933. The van der Waals surface area contributed by atoms with E-state index in [9.17, 15) is 10.2 Å². The van der Waals surface area contributed by atoms with Crippen LogP contribution in [0.1, 0.15) is 27.0 Å². The van der Waals surface area contributed by atoms with Crippen molar-refractivity contribution < 1.29 is 14.9 Å². The maximum absolute atomic E-state index is 10.5. The molecule has 0 saturated carbocycles. The number of hydrogen-bond acceptors (Lipinski definition) is 8. The van der Waals surface area contributed by atoms with Gasteiger partial charge in [0.05, 0.1) is 12.4 Å². The maximum atomic E-state index is 10.5. The lowest BCUT2D eigenvalue weighted by atomic mass is 9.96. The first-order valence-electron chi connectivity index (χ1n) is 9.30. The number of nitrogens with zero attached hydrogens (tertiary/aromatic N) is 4. The molecule has 0 spiro atoms. The van der Waals surface area contributed by atoms with Gasteiger partial charge in [0, 0.05) is 10.7 Å². The van der Waals surface area contributed by atoms with Gasteiger partial charge in [-0.05, 0) is 11.5 Å². The molecule has 1 fully saturated rings. The summed E-state index contributed by atoms with van der Waals surface area (Å²) in [6.45, 7) is 10.2. The van der Waals surface area contributed by atoms with Crippen LogP contribution in [0.4, 0.5) is 5.82 Å². The van der Waals surface area contributed by atoms with Gasteiger partial charge in [-0.1, -0.05) is 45.6 Å². The van der Waals surface area contributed by atoms with Crippen LogP contribution in [0, 0.1) is 5.41 Å². The van der Waals surface area contributed by atoms with Crippen molar-refractivity contribution in [1.29, 1.82) is 0 Å². The minimum atomic E-state index is -1.12. The van der Waals surface area contributed by atoms with E-state index in [4.69, 9.17) is 10.5 Å². The van der Waals surface area contributed by atoms with Crippen LogP contribution in [0.15, 0.2) is 48.4 Å². The predicted molar refractivity (Wildman–Crippen MR) is 115 cm³/mol. The third-order valence-corrected chi connectivity index (χ3v) is 5.60. The van der Waals surface area contributed by atoms with E-state index in [2.05, 4.69) is 48.4 Å². The van der Waals surface area contributed by atoms with Gasteiger partial charge in [0.2, 0.25) is 0 Å². The fourth-order valence-electron chi connectivity index (χ4n) is 2.94. The van der Waals surface area contributed by atoms with Crippen LogP contribution in [0.2, 0.25) is 0 Å². The van der Waals surface area contributed by atoms with Crippen LogP contribution < -0.4 is 5.73 Å². The summed E-state index contributed by atoms with van der Waals surface area (Å²) in [5.41, 5.74) is 6.78. The Labute approximate surface area is 174 Å². The molecule has 1 aliphatic heterocycles. The van der Waals surface area contributed by atoms with E-state index in [0.717, 1.165) is 4.91 Å². The van der Waals surface area contributed by atoms with Crippen molar-refractivity contribution in [2.45, 2.75) is 45.3 Å². The van der Waals surface area contributed by atoms with E-state index in [1.165, 1.54) is 24.4 Å². The molecule has 156 valence electrons. The van der Waals surface area contributed by atoms with Gasteiger partial charge >= 0.3 is 0 Å². The number of rotatable bonds is 6. The van der Waals surface area contributed by atoms with Gasteiger partial charge in [-0.3, -0.25) is 4.57 Å². The van der Waals surface area contributed by atoms with Gasteiger partial charge in [0.25, 0.3) is 0 Å². The summed E-state index contributed by atoms with van der Waals surface area (Å²) in [6, 6.07) is 0. The van der Waals surface area contributed by atoms with Crippen LogP contribution in [0.25, 0.3) is 11.2 Å². The molecule has 8 nitrogen and oxygen atoms in total. The van der Waals surface area contributed by atoms with Gasteiger partial charge < -0.3 is 20.7 Å². The Morgan fingerprint density at radius 1 is 1.31 bits per heavy atom. The highest BCUT2D eigenvalue weighted by Crippen LogP contribution is 2.34. The molecule has 1 saturated heterocycles. The molecule has 29 heavy (non-hydrogen) atoms. The lowest BCUT2D eigenvalue weighted by Crippen LogP contribution is -2.32. The summed E-state index contributed by atoms with van der Waals surface area (Å²) in [5.74, 6) is 0.706. The number of aliphatic hydroxyl groups excluding tert-OH is 2. The fourth-order valence-corrected chi connectivity index (χ4v) is 3.86. The highest BCUT2D eigenvalue weighted by Gasteiger charge is 2.44. The molecular weight excluding hydrogens is 390 g/mol. The van der Waals surface area contributed by atoms with Gasteiger partial charge in [0.1, 0.15) is 24.1 Å². The molecule has 4 N–H and O–H groups in total. The Morgan fingerprint density at radius 3 is 2.76 bits per heavy atom. The number of thioether (sulfide) groups is 1. The Morgan fingerprint density at radius 2 is 2.07 bits per heavy atom. The number of anilines is 1. The van der Waals surface area contributed by atoms with Gasteiger partial charge in [-0.15, -0.1) is 11.8 Å². The first kappa shape index (κ1) is 21.5. The molecule has 0 amide bonds. The van der Waals surface area contributed by atoms with Crippen molar-refractivity contribution in [3.63, 3.8) is 0 Å². The number of allylic oxidation sites excluding steroid dienone is 4. The number of imidazole rings is 1. The van der Waals surface area contributed by atoms with Crippen LogP contribution in [0.5, 0.6) is 0 Å². The van der Waals surface area contributed by atoms with E-state index in [1.54, 1.807) is 10.6 Å². The Hall–Kier alpha value is -2.20. The number of aromatic nitrogens is 4. The highest BCUT2D eigenvalue weighted by atomic mass is 32.2. The summed E-state index contributed by atoms with van der Waals surface area (Å²) in [6.07, 6.45) is 7.11. The quantitative estimate of drug-likeness (QED) is 0.613. The molecule has 0 bridgehead atoms. The van der Waals surface area contributed by atoms with E-state index in [0.29, 0.717) is 16.9 Å². The summed E-state index contributed by atoms with van der Waals surface area (Å²) < 4.78 is 7.53. The molecule has 0 aliphatic carbocycles. The molecule has 0 unspecified atom stereocenters. The van der Waals surface area contributed by atoms with E-state index in [1.807, 2.05) is 12.2 Å². The van der Waals surface area contributed by atoms with Crippen molar-refractivity contribution in [3.05, 3.63) is 48.4 Å². The number of fused-ring (bicyclic) bond motifs is 1. The zero-order chi connectivity index (χ0) is 21.2. The normalized spacial score (nSPS) is 25.9. The van der Waals surface area contributed by atoms with Crippen LogP contribution in [-0.2, 0) is 4.74 Å². The molecule has 3 rings (SSSR count). The fraction of sp³-hybridized carbons (Fsp3) is 0.450. The second-order valence-electron chi connectivity index (χ2n) is 7.94. The van der Waals surface area contributed by atoms with Gasteiger partial charge in [-0.2, -0.15) is 0 Å². The van der Waals surface area contributed by atoms with Crippen LogP contribution in [0.3, 0.4) is 0 Å². The highest BCUT2D eigenvalue weighted by molar-refractivity contribution is 8.03. The standard InChI is InChI=1S/C20H27N5O3S/c1-5-12(7-6-8-20(2,3)4)29-9-13-15(26)16(27)19(28-13)25-11-24-14-17(21)22-10-23-18(14)25/h5-8,10-11,13,15-16,19,26-27H,1,9H2,2-4H3,(H2,21,22,23)/b8-6+,12-7+/t13-,15-,16-,19-/m1/s1. The van der Waals surface area contributed by atoms with Crippen molar-refractivity contribution in [2.75, 3.05) is 11.5 Å². The molecule has 2 aromatic heterocycles. The van der Waals surface area contributed by atoms with Gasteiger partial charge in [0.15, 0.2) is 17.7 Å². The summed E-state index contributed by atoms with van der Waals surface area (Å²) in [7, 11) is 0. The monoisotopic (exact) mass is 417 g/mol. The van der Waals surface area contributed by atoms with E-state index >= 15 is 0 Å². The average Bonchev–Trinajstić information content (AvgIpc) is 3.20. The maximum Gasteiger partial charge on any atom is 0.167 e. The molecule has 9 heteroatoms. The van der Waals surface area contributed by atoms with Crippen molar-refractivity contribution in [3.8, 4) is 0 Å². The van der Waals surface area contributed by atoms with Crippen molar-refractivity contribution >= 4 is 28.7 Å². The zero-order valence-corrected chi connectivity index (χ0v) is 17.6. The average molecular weight is 418 g/mol. The smallest absolute Gasteiger partial charge is 0.167 e. The third-order valence-electron chi connectivity index (χ3n) is 4.47. The number of hydrogen-bond donors (Lipinski definition) is 3. The molecule has 2 aromatic rings. The minimum Gasteiger partial charge on any atom is -0.387 e. The zero-order valence-electron chi connectivity index (χ0n) is 16.8. The van der Waals surface area contributed by atoms with Crippen molar-refractivity contribution in [2.24, 2.45) is 5.41 Å². The Bertz CT molecular complexity index is 934. The molecule has 3 heterocycles. The molecule has 1 aliphatic rings. The van der Waals surface area contributed by atoms with E-state index < -0.39 is 24.5 Å². The van der Waals surface area contributed by atoms with Crippen LogP contribution in [-0.4, -0.2) is 53.8 Å². The van der Waals surface area contributed by atoms with E-state index in [-0.39, 0.29) is 11.2 Å². The lowest BCUT2D eigenvalue weighted by Gasteiger charge is -2.16. The Kier molecular flexibility index (Phi) is 6.42. The predicted octanol–water partition coefficient (Wildman–Crippen LogP) is 2.43. The SMILES string of the molecule is C=C/C(=C\C=C\C(C)(C)C)SC[C@H]1O[C@@H](n2cnc3c(N)ncnc32)[C@H](O)[C@@H]1O. The first-order valence-corrected chi connectivity index (χ1v) is 10.3. The number of aliphatic hydroxyl groups is 2. The molecule has 4 atom stereocenters. The number of nitrogen functional groups attached to an aromatic ring is 1. The van der Waals surface area contributed by atoms with Crippen LogP contribution >= 0.6 is 11.8 Å². The summed E-state index contributed by atoms with van der Waals surface area (Å²) in [5, 5.41) is 21.0. The second-order valence-corrected chi connectivity index (χ2v) is 9.03. The topological polar surface area (TPSA) is 119 Å². The lowest BCUT2D eigenvalue weighted by molar-refractivity contribution is -0.0288. The van der Waals surface area contributed by atoms with Crippen molar-refractivity contribution in [1.82, 2.24) is 19.5 Å². The summed E-state index contributed by atoms with van der Waals surface area (Å²) >= 11 is 1.51.